The quantitative estimate of drug-likeness (QED) is 0.713. The highest BCUT2D eigenvalue weighted by Gasteiger charge is 2.10. The molecule has 0 unspecified atom stereocenters. The van der Waals surface area contributed by atoms with Gasteiger partial charge in [0.1, 0.15) is 0 Å². The molecule has 0 bridgehead atoms. The molecule has 0 aliphatic heterocycles. The van der Waals surface area contributed by atoms with Crippen LogP contribution in [0.15, 0.2) is 45.8 Å². The number of hydrogen-bond acceptors (Lipinski definition) is 5. The molecule has 5 nitrogen and oxygen atoms in total. The van der Waals surface area contributed by atoms with Gasteiger partial charge in [-0.05, 0) is 24.1 Å². The van der Waals surface area contributed by atoms with E-state index in [2.05, 4.69) is 38.1 Å². The smallest absolute Gasteiger partial charge is 0.275 e. The van der Waals surface area contributed by atoms with Gasteiger partial charge in [-0.1, -0.05) is 39.4 Å². The van der Waals surface area contributed by atoms with Crippen LogP contribution in [0.4, 0.5) is 5.13 Å². The average molecular weight is 365 g/mol. The second-order valence-corrected chi connectivity index (χ2v) is 6.51. The van der Waals surface area contributed by atoms with E-state index in [1.54, 1.807) is 0 Å². The fourth-order valence-electron chi connectivity index (χ4n) is 1.93. The minimum absolute atomic E-state index is 0.149. The summed E-state index contributed by atoms with van der Waals surface area (Å²) >= 11 is 4.85. The third-order valence-electron chi connectivity index (χ3n) is 3.14. The van der Waals surface area contributed by atoms with Crippen LogP contribution in [0.5, 0.6) is 0 Å². The van der Waals surface area contributed by atoms with Crippen LogP contribution < -0.4 is 10.5 Å². The van der Waals surface area contributed by atoms with E-state index in [4.69, 9.17) is 0 Å². The fourth-order valence-corrected chi connectivity index (χ4v) is 3.06. The zero-order valence-electron chi connectivity index (χ0n) is 11.4. The lowest BCUT2D eigenvalue weighted by Gasteiger charge is -2.14. The number of likely N-dealkylation sites (N-methyl/N-ethyl adjacent to an activating group) is 1. The number of anilines is 1. The van der Waals surface area contributed by atoms with E-state index in [9.17, 15) is 4.79 Å². The normalized spacial score (nSPS) is 11.0. The summed E-state index contributed by atoms with van der Waals surface area (Å²) < 4.78 is 2.42. The predicted octanol–water partition coefficient (Wildman–Crippen LogP) is 2.59. The van der Waals surface area contributed by atoms with E-state index in [1.165, 1.54) is 33.7 Å². The summed E-state index contributed by atoms with van der Waals surface area (Å²) in [7, 11) is 1.97. The molecule has 2 heterocycles. The summed E-state index contributed by atoms with van der Waals surface area (Å²) in [4.78, 5) is 18.5. The molecule has 0 radical (unpaired) electrons. The van der Waals surface area contributed by atoms with Gasteiger partial charge in [-0.15, -0.1) is 5.10 Å². The Labute approximate surface area is 134 Å². The molecule has 0 fully saturated rings. The standard InChI is InChI=1S/C14H13BrN4OS/c1-18(9-7-10-2-4-11(15)5-3-10)14-17-19-12(20)6-8-16-13(19)21-14/h2-6,8H,7,9H2,1H3. The number of aromatic nitrogens is 3. The molecule has 0 spiro atoms. The molecule has 0 saturated carbocycles. The van der Waals surface area contributed by atoms with Crippen LogP contribution in [-0.4, -0.2) is 28.2 Å². The lowest BCUT2D eigenvalue weighted by molar-refractivity contribution is 0.829. The highest BCUT2D eigenvalue weighted by Crippen LogP contribution is 2.20. The Morgan fingerprint density at radius 1 is 1.29 bits per heavy atom. The van der Waals surface area contributed by atoms with Crippen molar-refractivity contribution in [2.75, 3.05) is 18.5 Å². The van der Waals surface area contributed by atoms with E-state index in [-0.39, 0.29) is 5.56 Å². The third kappa shape index (κ3) is 3.14. The van der Waals surface area contributed by atoms with Gasteiger partial charge >= 0.3 is 0 Å². The molecule has 7 heteroatoms. The highest BCUT2D eigenvalue weighted by atomic mass is 79.9. The van der Waals surface area contributed by atoms with Crippen molar-refractivity contribution in [2.24, 2.45) is 0 Å². The maximum Gasteiger partial charge on any atom is 0.275 e. The van der Waals surface area contributed by atoms with Crippen molar-refractivity contribution in [3.63, 3.8) is 0 Å². The molecule has 3 aromatic rings. The van der Waals surface area contributed by atoms with E-state index >= 15 is 0 Å². The summed E-state index contributed by atoms with van der Waals surface area (Å²) in [5.74, 6) is 0. The van der Waals surface area contributed by atoms with Gasteiger partial charge in [-0.25, -0.2) is 4.98 Å². The first-order valence-electron chi connectivity index (χ1n) is 6.44. The molecule has 108 valence electrons. The van der Waals surface area contributed by atoms with Crippen LogP contribution >= 0.6 is 27.3 Å². The Bertz CT molecular complexity index is 812. The van der Waals surface area contributed by atoms with Crippen molar-refractivity contribution in [1.29, 1.82) is 0 Å². The lowest BCUT2D eigenvalue weighted by Crippen LogP contribution is -2.21. The number of hydrogen-bond donors (Lipinski definition) is 0. The topological polar surface area (TPSA) is 50.5 Å². The monoisotopic (exact) mass is 364 g/mol. The Balaban J connectivity index is 1.74. The molecule has 0 amide bonds. The fraction of sp³-hybridized carbons (Fsp3) is 0.214. The Kier molecular flexibility index (Phi) is 4.03. The highest BCUT2D eigenvalue weighted by molar-refractivity contribution is 9.10. The van der Waals surface area contributed by atoms with Crippen LogP contribution in [0.2, 0.25) is 0 Å². The van der Waals surface area contributed by atoms with Crippen molar-refractivity contribution in [2.45, 2.75) is 6.42 Å². The van der Waals surface area contributed by atoms with Gasteiger partial charge in [-0.3, -0.25) is 4.79 Å². The minimum atomic E-state index is -0.149. The number of nitrogens with zero attached hydrogens (tertiary/aromatic N) is 4. The van der Waals surface area contributed by atoms with E-state index in [1.807, 2.05) is 24.1 Å². The molecule has 0 saturated heterocycles. The maximum atomic E-state index is 11.7. The third-order valence-corrected chi connectivity index (χ3v) is 4.70. The van der Waals surface area contributed by atoms with Crippen molar-refractivity contribution in [1.82, 2.24) is 14.6 Å². The van der Waals surface area contributed by atoms with Crippen molar-refractivity contribution in [3.8, 4) is 0 Å². The summed E-state index contributed by atoms with van der Waals surface area (Å²) in [5, 5.41) is 5.11. The van der Waals surface area contributed by atoms with Gasteiger partial charge in [0, 0.05) is 30.3 Å². The Morgan fingerprint density at radius 2 is 2.05 bits per heavy atom. The summed E-state index contributed by atoms with van der Waals surface area (Å²) in [6, 6.07) is 9.69. The van der Waals surface area contributed by atoms with Gasteiger partial charge in [-0.2, -0.15) is 4.52 Å². The molecule has 1 aromatic carbocycles. The zero-order chi connectivity index (χ0) is 14.8. The Morgan fingerprint density at radius 3 is 2.76 bits per heavy atom. The van der Waals surface area contributed by atoms with E-state index in [0.29, 0.717) is 4.96 Å². The van der Waals surface area contributed by atoms with Gasteiger partial charge < -0.3 is 4.90 Å². The minimum Gasteiger partial charge on any atom is -0.349 e. The average Bonchev–Trinajstić information content (AvgIpc) is 2.92. The first-order valence-corrected chi connectivity index (χ1v) is 8.05. The van der Waals surface area contributed by atoms with Crippen molar-refractivity contribution >= 4 is 37.4 Å². The number of rotatable bonds is 4. The summed E-state index contributed by atoms with van der Waals surface area (Å²) in [5.41, 5.74) is 1.12. The number of benzene rings is 1. The van der Waals surface area contributed by atoms with Crippen LogP contribution in [0.25, 0.3) is 4.96 Å². The molecular weight excluding hydrogens is 352 g/mol. The van der Waals surface area contributed by atoms with Crippen molar-refractivity contribution < 1.29 is 0 Å². The first kappa shape index (κ1) is 14.2. The van der Waals surface area contributed by atoms with Gasteiger partial charge in [0.05, 0.1) is 0 Å². The number of fused-ring (bicyclic) bond motifs is 1. The van der Waals surface area contributed by atoms with Crippen LogP contribution in [0.1, 0.15) is 5.56 Å². The summed E-state index contributed by atoms with van der Waals surface area (Å²) in [6.45, 7) is 0.830. The zero-order valence-corrected chi connectivity index (χ0v) is 13.8. The molecule has 0 atom stereocenters. The Hall–Kier alpha value is -1.73. The van der Waals surface area contributed by atoms with Crippen LogP contribution in [-0.2, 0) is 6.42 Å². The molecule has 0 N–H and O–H groups in total. The molecule has 0 aliphatic rings. The largest absolute Gasteiger partial charge is 0.349 e. The van der Waals surface area contributed by atoms with Crippen molar-refractivity contribution in [3.05, 3.63) is 56.9 Å². The second-order valence-electron chi connectivity index (χ2n) is 4.66. The van der Waals surface area contributed by atoms with Gasteiger partial charge in [0.2, 0.25) is 10.1 Å². The number of halogens is 1. The molecule has 3 rings (SSSR count). The molecule has 2 aromatic heterocycles. The second kappa shape index (κ2) is 5.95. The lowest BCUT2D eigenvalue weighted by atomic mass is 10.1. The first-order chi connectivity index (χ1) is 10.1. The molecule has 0 aliphatic carbocycles. The molecule has 21 heavy (non-hydrogen) atoms. The van der Waals surface area contributed by atoms with Gasteiger partial charge in [0.15, 0.2) is 0 Å². The summed E-state index contributed by atoms with van der Waals surface area (Å²) in [6.07, 6.45) is 2.43. The maximum absolute atomic E-state index is 11.7. The van der Waals surface area contributed by atoms with E-state index in [0.717, 1.165) is 22.6 Å². The van der Waals surface area contributed by atoms with Gasteiger partial charge in [0.25, 0.3) is 5.56 Å². The van der Waals surface area contributed by atoms with Crippen LogP contribution in [0.3, 0.4) is 0 Å². The predicted molar refractivity (Wildman–Crippen MR) is 88.3 cm³/mol. The van der Waals surface area contributed by atoms with E-state index < -0.39 is 0 Å². The SMILES string of the molecule is CN(CCc1ccc(Br)cc1)c1nn2c(=O)ccnc2s1. The molecular formula is C14H13BrN4OS. The van der Waals surface area contributed by atoms with Crippen LogP contribution in [0, 0.1) is 0 Å².